The van der Waals surface area contributed by atoms with Gasteiger partial charge in [-0.15, -0.1) is 0 Å². The molecule has 1 aliphatic rings. The number of sulfonamides is 1. The van der Waals surface area contributed by atoms with E-state index in [0.29, 0.717) is 0 Å². The second-order valence-electron chi connectivity index (χ2n) is 5.05. The van der Waals surface area contributed by atoms with Crippen LogP contribution in [-0.2, 0) is 19.6 Å². The number of rotatable bonds is 5. The maximum Gasteiger partial charge on any atom is 0.329 e. The van der Waals surface area contributed by atoms with Gasteiger partial charge in [0.15, 0.2) is 0 Å². The van der Waals surface area contributed by atoms with Crippen LogP contribution in [0.5, 0.6) is 0 Å². The molecule has 21 heavy (non-hydrogen) atoms. The maximum absolute atomic E-state index is 12.4. The van der Waals surface area contributed by atoms with Crippen molar-refractivity contribution in [1.82, 2.24) is 4.31 Å². The van der Waals surface area contributed by atoms with Gasteiger partial charge in [0.1, 0.15) is 6.61 Å². The van der Waals surface area contributed by atoms with Gasteiger partial charge >= 0.3 is 5.97 Å². The lowest BCUT2D eigenvalue weighted by molar-refractivity contribution is -0.157. The number of ether oxygens (including phenoxy) is 1. The lowest BCUT2D eigenvalue weighted by Crippen LogP contribution is -2.63. The second kappa shape index (κ2) is 5.44. The maximum atomic E-state index is 12.4. The Morgan fingerprint density at radius 2 is 2.19 bits per heavy atom. The van der Waals surface area contributed by atoms with Crippen LogP contribution in [0, 0.1) is 11.3 Å². The Balaban J connectivity index is 2.10. The van der Waals surface area contributed by atoms with E-state index in [1.165, 1.54) is 28.6 Å². The molecule has 1 aromatic carbocycles. The lowest BCUT2D eigenvalue weighted by Gasteiger charge is -2.46. The number of carboxylic acids is 1. The Labute approximate surface area is 122 Å². The van der Waals surface area contributed by atoms with Crippen molar-refractivity contribution in [2.75, 3.05) is 19.7 Å². The summed E-state index contributed by atoms with van der Waals surface area (Å²) in [5, 5.41) is 17.4. The summed E-state index contributed by atoms with van der Waals surface area (Å²) in [5.74, 6) is -1.10. The fraction of sp³-hybridized carbons (Fsp3) is 0.385. The molecule has 7 nitrogen and oxygen atoms in total. The van der Waals surface area contributed by atoms with Gasteiger partial charge in [0.25, 0.3) is 0 Å². The predicted molar refractivity (Wildman–Crippen MR) is 71.9 cm³/mol. The van der Waals surface area contributed by atoms with Crippen molar-refractivity contribution in [3.63, 3.8) is 0 Å². The van der Waals surface area contributed by atoms with Gasteiger partial charge in [0.05, 0.1) is 22.1 Å². The monoisotopic (exact) mass is 310 g/mol. The largest absolute Gasteiger partial charge is 0.480 e. The highest BCUT2D eigenvalue weighted by Crippen LogP contribution is 2.30. The fourth-order valence-electron chi connectivity index (χ4n) is 2.07. The Bertz CT molecular complexity index is 702. The first-order valence-electron chi connectivity index (χ1n) is 6.13. The number of carboxylic acid groups (broad SMARTS) is 1. The van der Waals surface area contributed by atoms with Crippen LogP contribution in [0.3, 0.4) is 0 Å². The van der Waals surface area contributed by atoms with Gasteiger partial charge in [-0.2, -0.15) is 9.57 Å². The summed E-state index contributed by atoms with van der Waals surface area (Å²) >= 11 is 0. The zero-order valence-corrected chi connectivity index (χ0v) is 12.1. The molecule has 0 unspecified atom stereocenters. The van der Waals surface area contributed by atoms with E-state index in [1.807, 2.05) is 6.07 Å². The molecule has 112 valence electrons. The lowest BCUT2D eigenvalue weighted by atomic mass is 10.0. The topological polar surface area (TPSA) is 108 Å². The molecule has 0 aromatic heterocycles. The molecule has 0 spiro atoms. The number of benzene rings is 1. The molecule has 1 saturated heterocycles. The fourth-order valence-corrected chi connectivity index (χ4v) is 3.78. The molecule has 1 aromatic rings. The van der Waals surface area contributed by atoms with Gasteiger partial charge < -0.3 is 9.84 Å². The normalized spacial score (nSPS) is 17.7. The van der Waals surface area contributed by atoms with Crippen molar-refractivity contribution < 1.29 is 23.1 Å². The summed E-state index contributed by atoms with van der Waals surface area (Å²) in [6.45, 7) is 1.36. The molecule has 2 rings (SSSR count). The molecule has 8 heteroatoms. The first-order chi connectivity index (χ1) is 9.77. The van der Waals surface area contributed by atoms with Crippen LogP contribution in [0.4, 0.5) is 0 Å². The van der Waals surface area contributed by atoms with Gasteiger partial charge in [-0.05, 0) is 25.1 Å². The van der Waals surface area contributed by atoms with Gasteiger partial charge in [-0.25, -0.2) is 13.2 Å². The number of hydrogen-bond donors (Lipinski definition) is 1. The van der Waals surface area contributed by atoms with E-state index >= 15 is 0 Å². The van der Waals surface area contributed by atoms with Crippen LogP contribution in [0.1, 0.15) is 12.5 Å². The van der Waals surface area contributed by atoms with Crippen LogP contribution in [0.15, 0.2) is 29.2 Å². The van der Waals surface area contributed by atoms with Gasteiger partial charge in [0.2, 0.25) is 10.0 Å². The van der Waals surface area contributed by atoms with Crippen molar-refractivity contribution in [2.24, 2.45) is 0 Å². The molecule has 0 saturated carbocycles. The molecule has 1 N–H and O–H groups in total. The molecular weight excluding hydrogens is 296 g/mol. The second-order valence-corrected chi connectivity index (χ2v) is 6.98. The third-order valence-corrected chi connectivity index (χ3v) is 4.95. The van der Waals surface area contributed by atoms with Crippen molar-refractivity contribution in [1.29, 1.82) is 5.26 Å². The van der Waals surface area contributed by atoms with Gasteiger partial charge in [-0.1, -0.05) is 6.07 Å². The number of nitriles is 1. The smallest absolute Gasteiger partial charge is 0.329 e. The summed E-state index contributed by atoms with van der Waals surface area (Å²) < 4.78 is 31.1. The molecular formula is C13H14N2O5S. The Morgan fingerprint density at radius 1 is 1.52 bits per heavy atom. The van der Waals surface area contributed by atoms with Crippen molar-refractivity contribution >= 4 is 16.0 Å². The molecule has 0 radical (unpaired) electrons. The Morgan fingerprint density at radius 3 is 2.76 bits per heavy atom. The minimum Gasteiger partial charge on any atom is -0.480 e. The first-order valence-corrected chi connectivity index (χ1v) is 7.57. The average molecular weight is 310 g/mol. The third-order valence-electron chi connectivity index (χ3n) is 3.17. The van der Waals surface area contributed by atoms with Gasteiger partial charge in [-0.3, -0.25) is 0 Å². The predicted octanol–water partition coefficient (Wildman–Crippen LogP) is 0.422. The first kappa shape index (κ1) is 15.4. The number of aliphatic carboxylic acids is 1. The van der Waals surface area contributed by atoms with Crippen LogP contribution < -0.4 is 0 Å². The van der Waals surface area contributed by atoms with Crippen LogP contribution in [0.25, 0.3) is 0 Å². The summed E-state index contributed by atoms with van der Waals surface area (Å²) in [6.07, 6.45) is 0. The highest BCUT2D eigenvalue weighted by atomic mass is 32.2. The standard InChI is InChI=1S/C13H14N2O5S/c1-13(20-7-12(16)17)8-15(9-13)21(18,19)11-4-2-3-10(5-11)6-14/h2-5H,7-9H2,1H3,(H,16,17). The molecule has 0 atom stereocenters. The quantitative estimate of drug-likeness (QED) is 0.844. The van der Waals surface area contributed by atoms with Crippen molar-refractivity contribution in [3.05, 3.63) is 29.8 Å². The molecule has 0 bridgehead atoms. The molecule has 0 amide bonds. The number of carbonyl (C=O) groups is 1. The highest BCUT2D eigenvalue weighted by molar-refractivity contribution is 7.89. The summed E-state index contributed by atoms with van der Waals surface area (Å²) in [4.78, 5) is 10.5. The molecule has 1 fully saturated rings. The van der Waals surface area contributed by atoms with E-state index < -0.39 is 28.2 Å². The SMILES string of the molecule is CC1(OCC(=O)O)CN(S(=O)(=O)c2cccc(C#N)c2)C1. The van der Waals surface area contributed by atoms with E-state index in [1.54, 1.807) is 6.92 Å². The van der Waals surface area contributed by atoms with E-state index in [-0.39, 0.29) is 23.5 Å². The third kappa shape index (κ3) is 3.21. The van der Waals surface area contributed by atoms with E-state index in [4.69, 9.17) is 15.1 Å². The Hall–Kier alpha value is -1.95. The zero-order valence-electron chi connectivity index (χ0n) is 11.3. The van der Waals surface area contributed by atoms with Crippen LogP contribution >= 0.6 is 0 Å². The molecule has 1 heterocycles. The number of nitrogens with zero attached hydrogens (tertiary/aromatic N) is 2. The average Bonchev–Trinajstić information content (AvgIpc) is 2.42. The van der Waals surface area contributed by atoms with Gasteiger partial charge in [0, 0.05) is 13.1 Å². The summed E-state index contributed by atoms with van der Waals surface area (Å²) in [5.41, 5.74) is -0.528. The number of hydrogen-bond acceptors (Lipinski definition) is 5. The highest BCUT2D eigenvalue weighted by Gasteiger charge is 2.46. The van der Waals surface area contributed by atoms with E-state index in [9.17, 15) is 13.2 Å². The minimum atomic E-state index is -3.69. The van der Waals surface area contributed by atoms with Crippen LogP contribution in [0.2, 0.25) is 0 Å². The Kier molecular flexibility index (Phi) is 4.00. The zero-order chi connectivity index (χ0) is 15.7. The van der Waals surface area contributed by atoms with Crippen molar-refractivity contribution in [3.8, 4) is 6.07 Å². The minimum absolute atomic E-state index is 0.0434. The molecule has 1 aliphatic heterocycles. The van der Waals surface area contributed by atoms with Crippen molar-refractivity contribution in [2.45, 2.75) is 17.4 Å². The molecule has 0 aliphatic carbocycles. The summed E-state index contributed by atoms with van der Waals surface area (Å²) in [7, 11) is -3.69. The van der Waals surface area contributed by atoms with Crippen LogP contribution in [-0.4, -0.2) is 49.1 Å². The summed E-state index contributed by atoms with van der Waals surface area (Å²) in [6, 6.07) is 7.65. The van der Waals surface area contributed by atoms with E-state index in [0.717, 1.165) is 0 Å². The van der Waals surface area contributed by atoms with E-state index in [2.05, 4.69) is 0 Å².